The molecule has 41 atom stereocenters. The average Bonchev–Trinajstić information content (AvgIpc) is 0.772. The summed E-state index contributed by atoms with van der Waals surface area (Å²) in [5, 5.41) is 269. The van der Waals surface area contributed by atoms with Crippen LogP contribution in [0.1, 0.15) is 34.1 Å². The van der Waals surface area contributed by atoms with Gasteiger partial charge in [-0.3, -0.25) is 14.4 Å². The molecule has 0 unspecified atom stereocenters. The lowest BCUT2D eigenvalue weighted by atomic mass is 9.88. The van der Waals surface area contributed by atoms with Crippen LogP contribution in [-0.4, -0.2) is 444 Å². The normalized spacial score (nSPS) is 48.3. The molecule has 8 rings (SSSR count). The molecular formula is C57H95N3O43. The Morgan fingerprint density at radius 3 is 1.43 bits per heavy atom. The van der Waals surface area contributed by atoms with E-state index in [4.69, 9.17) is 71.1 Å². The van der Waals surface area contributed by atoms with E-state index >= 15 is 0 Å². The van der Waals surface area contributed by atoms with Gasteiger partial charge in [-0.05, 0) is 6.92 Å². The van der Waals surface area contributed by atoms with Crippen LogP contribution in [0.4, 0.5) is 0 Å². The molecule has 8 aliphatic rings. The van der Waals surface area contributed by atoms with Gasteiger partial charge in [-0.25, -0.2) is 4.79 Å². The zero-order valence-corrected chi connectivity index (χ0v) is 55.2. The van der Waals surface area contributed by atoms with Crippen molar-refractivity contribution in [3.8, 4) is 0 Å². The lowest BCUT2D eigenvalue weighted by molar-refractivity contribution is -0.391. The van der Waals surface area contributed by atoms with Gasteiger partial charge < -0.3 is 210 Å². The van der Waals surface area contributed by atoms with Crippen LogP contribution < -0.4 is 16.0 Å². The van der Waals surface area contributed by atoms with E-state index in [-0.39, 0.29) is 0 Å². The van der Waals surface area contributed by atoms with E-state index < -0.39 is 327 Å². The van der Waals surface area contributed by atoms with E-state index in [1.807, 2.05) is 0 Å². The number of ether oxygens (including phenoxy) is 15. The monoisotopic (exact) mass is 1510 g/mol. The molecule has 0 bridgehead atoms. The smallest absolute Gasteiger partial charge is 0.364 e. The third-order valence-corrected chi connectivity index (χ3v) is 18.8. The highest BCUT2D eigenvalue weighted by molar-refractivity contribution is 5.77. The van der Waals surface area contributed by atoms with Crippen LogP contribution in [0.3, 0.4) is 0 Å². The Bertz CT molecular complexity index is 2730. The van der Waals surface area contributed by atoms with Crippen molar-refractivity contribution in [2.75, 3.05) is 46.2 Å². The number of carboxylic acid groups (broad SMARTS) is 1. The number of hydrogen-bond acceptors (Lipinski definition) is 42. The van der Waals surface area contributed by atoms with Crippen molar-refractivity contribution >= 4 is 23.7 Å². The largest absolute Gasteiger partial charge is 0.477 e. The molecule has 8 heterocycles. The van der Waals surface area contributed by atoms with Gasteiger partial charge in [-0.15, -0.1) is 0 Å². The maximum absolute atomic E-state index is 13.2. The molecule has 0 aromatic carbocycles. The minimum Gasteiger partial charge on any atom is -0.477 e. The Labute approximate surface area is 582 Å². The average molecular weight is 1510 g/mol. The minimum atomic E-state index is -3.04. The lowest BCUT2D eigenvalue weighted by Crippen LogP contribution is -2.70. The molecule has 103 heavy (non-hydrogen) atoms. The van der Waals surface area contributed by atoms with E-state index in [1.165, 1.54) is 6.92 Å². The summed E-state index contributed by atoms with van der Waals surface area (Å²) in [6.07, 6.45) is -77.2. The second-order valence-electron chi connectivity index (χ2n) is 26.1. The number of carbonyl (C=O) groups is 4. The number of rotatable bonds is 27. The molecule has 0 saturated carbocycles. The summed E-state index contributed by atoms with van der Waals surface area (Å²) < 4.78 is 87.2. The van der Waals surface area contributed by atoms with Crippen molar-refractivity contribution in [3.63, 3.8) is 0 Å². The van der Waals surface area contributed by atoms with Crippen molar-refractivity contribution in [3.05, 3.63) is 0 Å². The summed E-state index contributed by atoms with van der Waals surface area (Å²) in [4.78, 5) is 51.0. The summed E-state index contributed by atoms with van der Waals surface area (Å²) in [5.41, 5.74) is 0. The second kappa shape index (κ2) is 36.3. The van der Waals surface area contributed by atoms with Gasteiger partial charge in [0.05, 0.1) is 64.5 Å². The van der Waals surface area contributed by atoms with Crippen LogP contribution in [0.2, 0.25) is 0 Å². The van der Waals surface area contributed by atoms with Gasteiger partial charge in [0.1, 0.15) is 183 Å². The van der Waals surface area contributed by atoms with Gasteiger partial charge >= 0.3 is 5.97 Å². The van der Waals surface area contributed by atoms with E-state index in [2.05, 4.69) is 16.0 Å². The van der Waals surface area contributed by atoms with Crippen LogP contribution in [0.15, 0.2) is 0 Å². The van der Waals surface area contributed by atoms with Gasteiger partial charge in [-0.2, -0.15) is 0 Å². The molecular weight excluding hydrogens is 1410 g/mol. The summed E-state index contributed by atoms with van der Waals surface area (Å²) in [5.74, 6) is -7.78. The zero-order chi connectivity index (χ0) is 76.3. The van der Waals surface area contributed by atoms with Crippen molar-refractivity contribution in [1.82, 2.24) is 16.0 Å². The van der Waals surface area contributed by atoms with Crippen LogP contribution >= 0.6 is 0 Å². The Morgan fingerprint density at radius 2 is 0.854 bits per heavy atom. The van der Waals surface area contributed by atoms with Crippen LogP contribution in [0, 0.1) is 0 Å². The zero-order valence-electron chi connectivity index (χ0n) is 55.2. The molecule has 46 nitrogen and oxygen atoms in total. The van der Waals surface area contributed by atoms with Crippen LogP contribution in [0.25, 0.3) is 0 Å². The standard InChI is InChI=1S/C57H95N3O43/c1-13-28(71)35(78)40(83)52(91-13)102-48-37(80)30(73)19(7-62)94-55(48)100-45-27(60-16(4)68)51(93-20(8-63)32(45)75)101-47-33(76)23(96-54(42(47)85)99-44-21(9-64)92-49(86)39(82)38(44)81)11-89-50-26(59-15(3)67)34(77)43(22(10-65)95-50)98-53-41(84)36(79)31(74)24(97-53)12-90-57(56(87)88)5-17(69)25(58-14(2)66)46(103-57)29(72)18(70)6-61/h13,17-55,61-65,69-86H,5-12H2,1-4H3,(H,58,66)(H,59,67)(H,60,68)(H,87,88)/t13-,17-,18+,19+,20+,21+,22+,23+,24+,25+,26+,27+,28+,29+,30-,31-,32+,33-,34+,35+,36-,37-,38+,39+,40-,41+,42+,43+,44+,45+,46+,47-,48+,49-,50+,51-,52-,53-,54-,55-,57-/m0/s1. The van der Waals surface area contributed by atoms with Crippen molar-refractivity contribution in [2.45, 2.75) is 285 Å². The Hall–Kier alpha value is -3.64. The lowest BCUT2D eigenvalue weighted by Gasteiger charge is -2.51. The summed E-state index contributed by atoms with van der Waals surface area (Å²) >= 11 is 0. The number of hydrogen-bond donors (Lipinski definition) is 27. The highest BCUT2D eigenvalue weighted by atomic mass is 16.8. The first-order valence-electron chi connectivity index (χ1n) is 32.6. The predicted molar refractivity (Wildman–Crippen MR) is 315 cm³/mol. The fourth-order valence-electron chi connectivity index (χ4n) is 13.1. The summed E-state index contributed by atoms with van der Waals surface area (Å²) in [6, 6.07) is -5.50. The van der Waals surface area contributed by atoms with Gasteiger partial charge in [0, 0.05) is 27.2 Å². The van der Waals surface area contributed by atoms with E-state index in [9.17, 15) is 142 Å². The van der Waals surface area contributed by atoms with E-state index in [0.29, 0.717) is 0 Å². The van der Waals surface area contributed by atoms with Crippen molar-refractivity contribution in [2.24, 2.45) is 0 Å². The maximum atomic E-state index is 13.2. The van der Waals surface area contributed by atoms with E-state index in [0.717, 1.165) is 20.8 Å². The van der Waals surface area contributed by atoms with E-state index in [1.54, 1.807) is 0 Å². The topological polar surface area (TPSA) is 728 Å². The number of amides is 3. The van der Waals surface area contributed by atoms with Gasteiger partial charge in [0.25, 0.3) is 5.79 Å². The quantitative estimate of drug-likeness (QED) is 0.0363. The van der Waals surface area contributed by atoms with Gasteiger partial charge in [-0.1, -0.05) is 0 Å². The minimum absolute atomic E-state index is 0.818. The molecule has 27 N–H and O–H groups in total. The fraction of sp³-hybridized carbons (Fsp3) is 0.930. The molecule has 0 aromatic rings. The third-order valence-electron chi connectivity index (χ3n) is 18.8. The highest BCUT2D eigenvalue weighted by Gasteiger charge is 2.61. The molecule has 8 fully saturated rings. The Kier molecular flexibility index (Phi) is 29.9. The molecule has 0 radical (unpaired) electrons. The molecule has 46 heteroatoms. The number of carboxylic acids is 1. The summed E-state index contributed by atoms with van der Waals surface area (Å²) in [7, 11) is 0. The molecule has 0 spiro atoms. The highest BCUT2D eigenvalue weighted by Crippen LogP contribution is 2.40. The molecule has 596 valence electrons. The number of carbonyl (C=O) groups excluding carboxylic acids is 3. The molecule has 0 aliphatic carbocycles. The van der Waals surface area contributed by atoms with Gasteiger partial charge in [0.15, 0.2) is 44.0 Å². The fourth-order valence-corrected chi connectivity index (χ4v) is 13.1. The Balaban J connectivity index is 1.05. The number of aliphatic carboxylic acids is 1. The molecule has 8 saturated heterocycles. The Morgan fingerprint density at radius 1 is 0.417 bits per heavy atom. The SMILES string of the molecule is CC(=O)N[C@H]1[C@H](OC[C@H]2O[C@@H](O[C@H]3[C@H](O)[C@@H](O)[C@@H](O)O[C@@H]3CO)[C@H](O)[C@@H](O[C@@H]3O[C@H](CO)[C@@H](O)[C@H](O[C@@H]4O[C@H](CO)[C@H](O)[C@H](O)[C@H]4O[C@@H]4O[C@@H](C)[C@@H](O)[C@@H](O)[C@@H]4O)[C@H]3NC(C)=O)[C@H]2O)O[C@H](CO)[C@@H](O[C@@H]2O[C@H](CO[C@@]3(C(=O)O)C[C@H](O)[C@@H](NC(C)=O)[C@H]([C@H](O)[C@H](O)CO)O3)[C@H](O)[C@H](O)[C@H]2O)[C@@H]1O. The third kappa shape index (κ3) is 18.6. The second-order valence-corrected chi connectivity index (χ2v) is 26.1. The number of aliphatic hydroxyl groups excluding tert-OH is 23. The van der Waals surface area contributed by atoms with Crippen molar-refractivity contribution in [1.29, 1.82) is 0 Å². The molecule has 0 aromatic heterocycles. The first-order valence-corrected chi connectivity index (χ1v) is 32.6. The number of aliphatic hydroxyl groups is 23. The van der Waals surface area contributed by atoms with Crippen LogP contribution in [-0.2, 0) is 90.2 Å². The number of nitrogens with one attached hydrogen (secondary N) is 3. The molecule has 8 aliphatic heterocycles. The predicted octanol–water partition coefficient (Wildman–Crippen LogP) is -17.8. The van der Waals surface area contributed by atoms with Crippen molar-refractivity contribution < 1.29 is 213 Å². The van der Waals surface area contributed by atoms with Crippen LogP contribution in [0.5, 0.6) is 0 Å². The van der Waals surface area contributed by atoms with Gasteiger partial charge in [0.2, 0.25) is 17.7 Å². The first-order chi connectivity index (χ1) is 48.5. The molecule has 3 amide bonds. The maximum Gasteiger partial charge on any atom is 0.364 e. The first kappa shape index (κ1) is 85.0. The summed E-state index contributed by atoms with van der Waals surface area (Å²) in [6.45, 7) is -3.68.